The van der Waals surface area contributed by atoms with Crippen molar-refractivity contribution >= 4 is 40.9 Å². The third kappa shape index (κ3) is 5.72. The van der Waals surface area contributed by atoms with E-state index in [-0.39, 0.29) is 12.5 Å². The predicted molar refractivity (Wildman–Crippen MR) is 129 cm³/mol. The van der Waals surface area contributed by atoms with Crippen LogP contribution >= 0.6 is 23.2 Å². The van der Waals surface area contributed by atoms with Crippen molar-refractivity contribution in [1.29, 1.82) is 0 Å². The monoisotopic (exact) mass is 485 g/mol. The Morgan fingerprint density at radius 1 is 1.00 bits per heavy atom. The Morgan fingerprint density at radius 2 is 1.76 bits per heavy atom. The fraction of sp³-hybridized carbons (Fsp3) is 0.160. The summed E-state index contributed by atoms with van der Waals surface area (Å²) in [5.41, 5.74) is 2.09. The minimum atomic E-state index is -0.278. The van der Waals surface area contributed by atoms with Gasteiger partial charge in [-0.05, 0) is 48.0 Å². The lowest BCUT2D eigenvalue weighted by molar-refractivity contribution is -0.111. The molecular weight excluding hydrogens is 465 g/mol. The average molecular weight is 486 g/mol. The number of amides is 1. The number of carbonyl (C=O) groups excluding carboxylic acids is 1. The van der Waals surface area contributed by atoms with Gasteiger partial charge in [-0.1, -0.05) is 35.3 Å². The number of rotatable bonds is 7. The molecule has 0 unspecified atom stereocenters. The van der Waals surface area contributed by atoms with Gasteiger partial charge in [0, 0.05) is 33.4 Å². The van der Waals surface area contributed by atoms with Gasteiger partial charge in [0.05, 0.1) is 7.11 Å². The van der Waals surface area contributed by atoms with Crippen molar-refractivity contribution in [2.24, 2.45) is 0 Å². The van der Waals surface area contributed by atoms with E-state index in [1.165, 1.54) is 6.08 Å². The van der Waals surface area contributed by atoms with Crippen LogP contribution in [0.25, 0.3) is 6.08 Å². The highest BCUT2D eigenvalue weighted by Crippen LogP contribution is 2.33. The number of hydrogen-bond acceptors (Lipinski definition) is 5. The SMILES string of the molecule is COc1cc(/C=C/C(=O)Nc2ccc3c(c2)OCCO3)ccc1OCc1c(Cl)cccc1Cl. The number of nitrogens with one attached hydrogen (secondary N) is 1. The summed E-state index contributed by atoms with van der Waals surface area (Å²) in [4.78, 5) is 12.3. The van der Waals surface area contributed by atoms with Gasteiger partial charge in [-0.25, -0.2) is 0 Å². The van der Waals surface area contributed by atoms with Crippen LogP contribution in [0.1, 0.15) is 11.1 Å². The number of fused-ring (bicyclic) bond motifs is 1. The quantitative estimate of drug-likeness (QED) is 0.415. The predicted octanol–water partition coefficient (Wildman–Crippen LogP) is 6.00. The van der Waals surface area contributed by atoms with E-state index >= 15 is 0 Å². The molecule has 6 nitrogen and oxygen atoms in total. The molecular formula is C25H21Cl2NO5. The highest BCUT2D eigenvalue weighted by Gasteiger charge is 2.13. The zero-order valence-corrected chi connectivity index (χ0v) is 19.3. The maximum atomic E-state index is 12.3. The second-order valence-corrected chi connectivity index (χ2v) is 7.89. The van der Waals surface area contributed by atoms with Crippen LogP contribution in [-0.2, 0) is 11.4 Å². The molecule has 0 aromatic heterocycles. The lowest BCUT2D eigenvalue weighted by atomic mass is 10.2. The van der Waals surface area contributed by atoms with Crippen molar-refractivity contribution in [2.75, 3.05) is 25.6 Å². The molecule has 0 radical (unpaired) electrons. The van der Waals surface area contributed by atoms with Crippen LogP contribution in [0, 0.1) is 0 Å². The summed E-state index contributed by atoms with van der Waals surface area (Å²) in [6.07, 6.45) is 3.13. The van der Waals surface area contributed by atoms with Gasteiger partial charge in [0.1, 0.15) is 19.8 Å². The topological polar surface area (TPSA) is 66.0 Å². The van der Waals surface area contributed by atoms with E-state index in [1.54, 1.807) is 61.7 Å². The maximum absolute atomic E-state index is 12.3. The fourth-order valence-corrected chi connectivity index (χ4v) is 3.71. The molecule has 0 saturated carbocycles. The van der Waals surface area contributed by atoms with E-state index in [2.05, 4.69) is 5.32 Å². The largest absolute Gasteiger partial charge is 0.493 e. The summed E-state index contributed by atoms with van der Waals surface area (Å²) in [6, 6.07) is 15.9. The summed E-state index contributed by atoms with van der Waals surface area (Å²) < 4.78 is 22.3. The van der Waals surface area contributed by atoms with E-state index in [1.807, 2.05) is 6.07 Å². The molecule has 0 fully saturated rings. The molecule has 1 N–H and O–H groups in total. The molecule has 3 aromatic rings. The highest BCUT2D eigenvalue weighted by atomic mass is 35.5. The van der Waals surface area contributed by atoms with Crippen molar-refractivity contribution in [2.45, 2.75) is 6.61 Å². The van der Waals surface area contributed by atoms with Gasteiger partial charge in [0.25, 0.3) is 0 Å². The smallest absolute Gasteiger partial charge is 0.248 e. The summed E-state index contributed by atoms with van der Waals surface area (Å²) in [6.45, 7) is 1.20. The molecule has 1 aliphatic rings. The zero-order chi connectivity index (χ0) is 23.2. The number of hydrogen-bond donors (Lipinski definition) is 1. The first-order valence-corrected chi connectivity index (χ1v) is 10.9. The maximum Gasteiger partial charge on any atom is 0.248 e. The van der Waals surface area contributed by atoms with E-state index in [0.29, 0.717) is 57.5 Å². The van der Waals surface area contributed by atoms with Gasteiger partial charge in [-0.15, -0.1) is 0 Å². The van der Waals surface area contributed by atoms with Crippen LogP contribution < -0.4 is 24.3 Å². The van der Waals surface area contributed by atoms with Gasteiger partial charge in [0.2, 0.25) is 5.91 Å². The second-order valence-electron chi connectivity index (χ2n) is 7.08. The van der Waals surface area contributed by atoms with Gasteiger partial charge < -0.3 is 24.3 Å². The first kappa shape index (κ1) is 22.8. The average Bonchev–Trinajstić information content (AvgIpc) is 2.82. The van der Waals surface area contributed by atoms with Crippen molar-refractivity contribution in [3.05, 3.63) is 81.8 Å². The lowest BCUT2D eigenvalue weighted by Crippen LogP contribution is -2.16. The van der Waals surface area contributed by atoms with Crippen LogP contribution in [0.2, 0.25) is 10.0 Å². The third-order valence-electron chi connectivity index (χ3n) is 4.86. The molecule has 170 valence electrons. The van der Waals surface area contributed by atoms with Crippen molar-refractivity contribution in [3.8, 4) is 23.0 Å². The number of ether oxygens (including phenoxy) is 4. The van der Waals surface area contributed by atoms with E-state index in [0.717, 1.165) is 5.56 Å². The van der Waals surface area contributed by atoms with Crippen molar-refractivity contribution in [3.63, 3.8) is 0 Å². The zero-order valence-electron chi connectivity index (χ0n) is 17.8. The van der Waals surface area contributed by atoms with E-state index in [4.69, 9.17) is 42.1 Å². The lowest BCUT2D eigenvalue weighted by Gasteiger charge is -2.18. The van der Waals surface area contributed by atoms with Crippen molar-refractivity contribution < 1.29 is 23.7 Å². The van der Waals surface area contributed by atoms with Gasteiger partial charge in [0.15, 0.2) is 23.0 Å². The summed E-state index contributed by atoms with van der Waals surface area (Å²) in [5, 5.41) is 3.87. The first-order chi connectivity index (χ1) is 16.0. The van der Waals surface area contributed by atoms with Gasteiger partial charge >= 0.3 is 0 Å². The molecule has 33 heavy (non-hydrogen) atoms. The Labute approximate surface area is 201 Å². The Balaban J connectivity index is 1.40. The van der Waals surface area contributed by atoms with Gasteiger partial charge in [-0.3, -0.25) is 4.79 Å². The van der Waals surface area contributed by atoms with Crippen LogP contribution in [0.15, 0.2) is 60.7 Å². The number of benzene rings is 3. The standard InChI is InChI=1S/C25H21Cl2NO5/c1-30-23-13-16(5-8-21(23)33-15-18-19(26)3-2-4-20(18)27)6-10-25(29)28-17-7-9-22-24(14-17)32-12-11-31-22/h2-10,13-14H,11-12,15H2,1H3,(H,28,29)/b10-6+. The number of carbonyl (C=O) groups is 1. The van der Waals surface area contributed by atoms with Crippen LogP contribution in [0.5, 0.6) is 23.0 Å². The third-order valence-corrected chi connectivity index (χ3v) is 5.57. The molecule has 0 spiro atoms. The molecule has 4 rings (SSSR count). The summed E-state index contributed by atoms with van der Waals surface area (Å²) >= 11 is 12.4. The molecule has 0 aliphatic carbocycles. The Kier molecular flexibility index (Phi) is 7.27. The summed E-state index contributed by atoms with van der Waals surface area (Å²) in [7, 11) is 1.55. The molecule has 1 aliphatic heterocycles. The van der Waals surface area contributed by atoms with E-state index in [9.17, 15) is 4.79 Å². The number of anilines is 1. The second kappa shape index (κ2) is 10.5. The molecule has 1 amide bonds. The molecule has 3 aromatic carbocycles. The Bertz CT molecular complexity index is 1180. The summed E-state index contributed by atoms with van der Waals surface area (Å²) in [5.74, 6) is 2.06. The Hall–Kier alpha value is -3.35. The molecule has 0 bridgehead atoms. The number of methoxy groups -OCH3 is 1. The molecule has 8 heteroatoms. The molecule has 0 atom stereocenters. The van der Waals surface area contributed by atoms with Crippen LogP contribution in [0.4, 0.5) is 5.69 Å². The van der Waals surface area contributed by atoms with Crippen LogP contribution in [0.3, 0.4) is 0 Å². The Morgan fingerprint density at radius 3 is 2.52 bits per heavy atom. The highest BCUT2D eigenvalue weighted by molar-refractivity contribution is 6.35. The van der Waals surface area contributed by atoms with Crippen LogP contribution in [-0.4, -0.2) is 26.2 Å². The number of halogens is 2. The minimum absolute atomic E-state index is 0.196. The van der Waals surface area contributed by atoms with Gasteiger partial charge in [-0.2, -0.15) is 0 Å². The molecule has 1 heterocycles. The van der Waals surface area contributed by atoms with Crippen molar-refractivity contribution in [1.82, 2.24) is 0 Å². The minimum Gasteiger partial charge on any atom is -0.493 e. The van der Waals surface area contributed by atoms with E-state index < -0.39 is 0 Å². The first-order valence-electron chi connectivity index (χ1n) is 10.2. The molecule has 0 saturated heterocycles. The normalized spacial score (nSPS) is 12.5. The fourth-order valence-electron chi connectivity index (χ4n) is 3.20.